The van der Waals surface area contributed by atoms with Gasteiger partial charge in [0.1, 0.15) is 5.75 Å². The molecule has 1 heterocycles. The number of carbonyl (C=O) groups excluding carboxylic acids is 1. The fourth-order valence-electron chi connectivity index (χ4n) is 1.29. The average Bonchev–Trinajstić information content (AvgIpc) is 2.34. The van der Waals surface area contributed by atoms with Crippen LogP contribution in [0.5, 0.6) is 5.75 Å². The summed E-state index contributed by atoms with van der Waals surface area (Å²) in [6, 6.07) is 0.423. The maximum absolute atomic E-state index is 12.7. The smallest absolute Gasteiger partial charge is 0.437 e. The zero-order chi connectivity index (χ0) is 14.8. The molecule has 1 aromatic rings. The third kappa shape index (κ3) is 3.09. The molecule has 0 bridgehead atoms. The van der Waals surface area contributed by atoms with E-state index in [0.717, 1.165) is 14.2 Å². The lowest BCUT2D eigenvalue weighted by molar-refractivity contribution is -0.142. The first-order chi connectivity index (χ1) is 8.72. The van der Waals surface area contributed by atoms with Crippen LogP contribution in [0.25, 0.3) is 0 Å². The van der Waals surface area contributed by atoms with Crippen LogP contribution in [-0.4, -0.2) is 25.2 Å². The quantitative estimate of drug-likeness (QED) is 0.633. The molecule has 0 fully saturated rings. The Morgan fingerprint density at radius 1 is 1.32 bits per heavy atom. The van der Waals surface area contributed by atoms with E-state index in [-0.39, 0.29) is 0 Å². The number of halogens is 5. The molecule has 0 aromatic carbocycles. The number of carbonyl (C=O) groups is 1. The van der Waals surface area contributed by atoms with Crippen LogP contribution in [0.3, 0.4) is 0 Å². The van der Waals surface area contributed by atoms with Gasteiger partial charge in [-0.25, -0.2) is 18.6 Å². The maximum Gasteiger partial charge on any atom is 0.437 e. The molecule has 9 heteroatoms. The summed E-state index contributed by atoms with van der Waals surface area (Å²) < 4.78 is 71.8. The highest BCUT2D eigenvalue weighted by Crippen LogP contribution is 2.37. The predicted molar refractivity (Wildman–Crippen MR) is 52.1 cm³/mol. The van der Waals surface area contributed by atoms with Gasteiger partial charge in [-0.15, -0.1) is 0 Å². The van der Waals surface area contributed by atoms with Crippen LogP contribution in [0.2, 0.25) is 0 Å². The van der Waals surface area contributed by atoms with Crippen molar-refractivity contribution in [3.8, 4) is 5.75 Å². The van der Waals surface area contributed by atoms with E-state index in [0.29, 0.717) is 6.07 Å². The molecule has 1 rings (SSSR count). The first-order valence-electron chi connectivity index (χ1n) is 4.75. The number of ether oxygens (including phenoxy) is 2. The molecule has 1 aromatic heterocycles. The van der Waals surface area contributed by atoms with E-state index in [1.807, 2.05) is 0 Å². The van der Waals surface area contributed by atoms with Gasteiger partial charge in [0, 0.05) is 0 Å². The molecule has 0 unspecified atom stereocenters. The Bertz CT molecular complexity index is 487. The first-order valence-corrected chi connectivity index (χ1v) is 4.75. The predicted octanol–water partition coefficient (Wildman–Crippen LogP) is 2.83. The Balaban J connectivity index is 3.57. The van der Waals surface area contributed by atoms with Crippen molar-refractivity contribution in [2.75, 3.05) is 14.2 Å². The summed E-state index contributed by atoms with van der Waals surface area (Å²) in [5.74, 6) is -2.28. The molecule has 106 valence electrons. The third-order valence-corrected chi connectivity index (χ3v) is 2.12. The fraction of sp³-hybridized carbons (Fsp3) is 0.400. The van der Waals surface area contributed by atoms with Crippen LogP contribution >= 0.6 is 0 Å². The molecule has 0 atom stereocenters. The molecule has 0 N–H and O–H groups in total. The van der Waals surface area contributed by atoms with Gasteiger partial charge in [-0.2, -0.15) is 13.2 Å². The van der Waals surface area contributed by atoms with Crippen molar-refractivity contribution in [3.63, 3.8) is 0 Å². The highest BCUT2D eigenvalue weighted by atomic mass is 19.4. The van der Waals surface area contributed by atoms with Crippen molar-refractivity contribution in [1.82, 2.24) is 4.98 Å². The standard InChI is InChI=1S/C10H8F5NO3/c1-18-5-3-4(8(11)12)6(9(17)19-2)16-7(5)10(13,14)15/h3,8H,1-2H3. The molecule has 0 spiro atoms. The largest absolute Gasteiger partial charge is 0.494 e. The summed E-state index contributed by atoms with van der Waals surface area (Å²) in [6.45, 7) is 0. The van der Waals surface area contributed by atoms with Gasteiger partial charge in [0.2, 0.25) is 0 Å². The minimum atomic E-state index is -4.95. The maximum atomic E-state index is 12.7. The Kier molecular flexibility index (Phi) is 4.28. The van der Waals surface area contributed by atoms with E-state index in [2.05, 4.69) is 14.5 Å². The van der Waals surface area contributed by atoms with E-state index in [4.69, 9.17) is 0 Å². The number of rotatable bonds is 3. The van der Waals surface area contributed by atoms with Crippen LogP contribution in [0, 0.1) is 0 Å². The minimum Gasteiger partial charge on any atom is -0.494 e. The molecule has 0 aliphatic carbocycles. The zero-order valence-electron chi connectivity index (χ0n) is 9.72. The van der Waals surface area contributed by atoms with Crippen LogP contribution in [0.4, 0.5) is 22.0 Å². The van der Waals surface area contributed by atoms with Crippen molar-refractivity contribution in [3.05, 3.63) is 23.0 Å². The van der Waals surface area contributed by atoms with Crippen LogP contribution < -0.4 is 4.74 Å². The van der Waals surface area contributed by atoms with Gasteiger partial charge in [0.25, 0.3) is 6.43 Å². The number of pyridine rings is 1. The Morgan fingerprint density at radius 2 is 1.89 bits per heavy atom. The molecular formula is C10H8F5NO3. The number of aromatic nitrogens is 1. The van der Waals surface area contributed by atoms with E-state index in [1.54, 1.807) is 0 Å². The second kappa shape index (κ2) is 5.37. The SMILES string of the molecule is COC(=O)c1nc(C(F)(F)F)c(OC)cc1C(F)F. The van der Waals surface area contributed by atoms with Gasteiger partial charge in [-0.3, -0.25) is 0 Å². The second-order valence-electron chi connectivity index (χ2n) is 3.27. The van der Waals surface area contributed by atoms with Gasteiger partial charge < -0.3 is 9.47 Å². The van der Waals surface area contributed by atoms with Crippen molar-refractivity contribution in [2.45, 2.75) is 12.6 Å². The topological polar surface area (TPSA) is 48.4 Å². The Morgan fingerprint density at radius 3 is 2.26 bits per heavy atom. The lowest BCUT2D eigenvalue weighted by atomic mass is 10.1. The molecule has 0 saturated heterocycles. The van der Waals surface area contributed by atoms with E-state index in [1.165, 1.54) is 0 Å². The number of methoxy groups -OCH3 is 2. The second-order valence-corrected chi connectivity index (χ2v) is 3.27. The number of alkyl halides is 5. The molecule has 0 amide bonds. The zero-order valence-corrected chi connectivity index (χ0v) is 9.72. The summed E-state index contributed by atoms with van der Waals surface area (Å²) in [7, 11) is 1.72. The van der Waals surface area contributed by atoms with Gasteiger partial charge in [0.15, 0.2) is 11.4 Å². The first kappa shape index (κ1) is 15.1. The van der Waals surface area contributed by atoms with E-state index >= 15 is 0 Å². The van der Waals surface area contributed by atoms with Gasteiger partial charge in [-0.05, 0) is 6.07 Å². The fourth-order valence-corrected chi connectivity index (χ4v) is 1.29. The Hall–Kier alpha value is -1.93. The monoisotopic (exact) mass is 285 g/mol. The minimum absolute atomic E-state index is 0.423. The number of nitrogens with zero attached hydrogens (tertiary/aromatic N) is 1. The summed E-state index contributed by atoms with van der Waals surface area (Å²) >= 11 is 0. The number of esters is 1. The van der Waals surface area contributed by atoms with E-state index in [9.17, 15) is 26.7 Å². The molecule has 4 nitrogen and oxygen atoms in total. The highest BCUT2D eigenvalue weighted by Gasteiger charge is 2.39. The van der Waals surface area contributed by atoms with Crippen molar-refractivity contribution in [1.29, 1.82) is 0 Å². The van der Waals surface area contributed by atoms with Gasteiger partial charge >= 0.3 is 12.1 Å². The van der Waals surface area contributed by atoms with Crippen LogP contribution in [0.1, 0.15) is 28.2 Å². The summed E-state index contributed by atoms with van der Waals surface area (Å²) in [5, 5.41) is 0. The molecule has 0 aliphatic rings. The molecule has 0 saturated carbocycles. The third-order valence-electron chi connectivity index (χ3n) is 2.12. The van der Waals surface area contributed by atoms with Crippen molar-refractivity contribution >= 4 is 5.97 Å². The van der Waals surface area contributed by atoms with Gasteiger partial charge in [-0.1, -0.05) is 0 Å². The molecule has 19 heavy (non-hydrogen) atoms. The van der Waals surface area contributed by atoms with E-state index < -0.39 is 41.3 Å². The number of hydrogen-bond acceptors (Lipinski definition) is 4. The molecule has 0 radical (unpaired) electrons. The summed E-state index contributed by atoms with van der Waals surface area (Å²) in [5.41, 5.74) is -3.65. The van der Waals surface area contributed by atoms with Crippen molar-refractivity contribution < 1.29 is 36.2 Å². The normalized spacial score (nSPS) is 11.6. The molecular weight excluding hydrogens is 277 g/mol. The summed E-state index contributed by atoms with van der Waals surface area (Å²) in [6.07, 6.45) is -8.15. The molecule has 0 aliphatic heterocycles. The van der Waals surface area contributed by atoms with Crippen LogP contribution in [-0.2, 0) is 10.9 Å². The van der Waals surface area contributed by atoms with Crippen molar-refractivity contribution in [2.24, 2.45) is 0 Å². The van der Waals surface area contributed by atoms with Crippen LogP contribution in [0.15, 0.2) is 6.07 Å². The highest BCUT2D eigenvalue weighted by molar-refractivity contribution is 5.89. The Labute approximate surface area is 104 Å². The van der Waals surface area contributed by atoms with Gasteiger partial charge in [0.05, 0.1) is 19.8 Å². The lowest BCUT2D eigenvalue weighted by Gasteiger charge is -2.14. The number of hydrogen-bond donors (Lipinski definition) is 0. The lowest BCUT2D eigenvalue weighted by Crippen LogP contribution is -2.17. The average molecular weight is 285 g/mol. The summed E-state index contributed by atoms with van der Waals surface area (Å²) in [4.78, 5) is 14.1.